The van der Waals surface area contributed by atoms with Gasteiger partial charge in [0.15, 0.2) is 0 Å². The van der Waals surface area contributed by atoms with Crippen LogP contribution in [0.5, 0.6) is 0 Å². The molecule has 0 saturated heterocycles. The molecule has 0 nitrogen and oxygen atoms in total. The van der Waals surface area contributed by atoms with Crippen LogP contribution in [0.15, 0.2) is 34.2 Å². The Morgan fingerprint density at radius 2 is 2.45 bits per heavy atom. The average Bonchev–Trinajstić information content (AvgIpc) is 2.56. The second-order valence-corrected chi connectivity index (χ2v) is 6.77. The summed E-state index contributed by atoms with van der Waals surface area (Å²) in [5.41, 5.74) is 0. The Morgan fingerprint density at radius 1 is 1.82 bits per heavy atom. The topological polar surface area (TPSA) is 0 Å². The molecule has 0 saturated carbocycles. The van der Waals surface area contributed by atoms with Gasteiger partial charge >= 0.3 is 55.6 Å². The van der Waals surface area contributed by atoms with Crippen molar-refractivity contribution in [3.05, 3.63) is 34.2 Å². The monoisotopic (exact) mass is 380 g/mol. The van der Waals surface area contributed by atoms with E-state index in [-0.39, 0.29) is 22.9 Å². The number of allylic oxidation sites excluding steroid dienone is 5. The van der Waals surface area contributed by atoms with Crippen LogP contribution < -0.4 is 0 Å². The van der Waals surface area contributed by atoms with Gasteiger partial charge in [0.05, 0.1) is 0 Å². The molecule has 60 valence electrons. The molecule has 0 spiro atoms. The van der Waals surface area contributed by atoms with Crippen LogP contribution >= 0.6 is 15.9 Å². The van der Waals surface area contributed by atoms with Crippen molar-refractivity contribution in [3.8, 4) is 0 Å². The van der Waals surface area contributed by atoms with E-state index in [1.165, 1.54) is 6.42 Å². The number of halogens is 1. The van der Waals surface area contributed by atoms with Crippen molar-refractivity contribution in [2.45, 2.75) is 11.1 Å². The maximum absolute atomic E-state index is 3.43. The Morgan fingerprint density at radius 3 is 2.64 bits per heavy atom. The molecule has 1 rings (SSSR count). The average molecular weight is 380 g/mol. The van der Waals surface area contributed by atoms with Crippen LogP contribution in [0.1, 0.15) is 6.42 Å². The van der Waals surface area contributed by atoms with Crippen molar-refractivity contribution in [2.75, 3.05) is 5.33 Å². The summed E-state index contributed by atoms with van der Waals surface area (Å²) in [6, 6.07) is 0. The van der Waals surface area contributed by atoms with Crippen LogP contribution in [0, 0.1) is 0 Å². The van der Waals surface area contributed by atoms with Crippen molar-refractivity contribution < 1.29 is 22.9 Å². The normalized spacial score (nSPS) is 13.1. The Labute approximate surface area is 88.9 Å². The Bertz CT molecular complexity index is 159. The molecule has 1 aliphatic carbocycles. The molecule has 0 atom stereocenters. The van der Waals surface area contributed by atoms with Crippen LogP contribution in [-0.2, 0) is 22.9 Å². The zero-order valence-electron chi connectivity index (χ0n) is 6.81. The van der Waals surface area contributed by atoms with Gasteiger partial charge in [0, 0.05) is 5.33 Å². The minimum absolute atomic E-state index is 0.221. The molecular formula is C9H13BrHf. The maximum atomic E-state index is 3.43. The molecule has 0 heterocycles. The van der Waals surface area contributed by atoms with E-state index in [1.807, 2.05) is 0 Å². The van der Waals surface area contributed by atoms with Crippen molar-refractivity contribution >= 4 is 15.9 Å². The molecule has 0 aromatic rings. The fourth-order valence-electron chi connectivity index (χ4n) is 0.633. The van der Waals surface area contributed by atoms with E-state index in [1.54, 1.807) is 9.41 Å². The number of rotatable bonds is 2. The van der Waals surface area contributed by atoms with Crippen molar-refractivity contribution in [1.29, 1.82) is 0 Å². The van der Waals surface area contributed by atoms with Gasteiger partial charge in [0.2, 0.25) is 0 Å². The van der Waals surface area contributed by atoms with E-state index < -0.39 is 0 Å². The first-order valence-electron chi connectivity index (χ1n) is 3.55. The van der Waals surface area contributed by atoms with Crippen molar-refractivity contribution in [3.63, 3.8) is 0 Å². The third kappa shape index (κ3) is 6.95. The second-order valence-electron chi connectivity index (χ2n) is 2.02. The Kier molecular flexibility index (Phi) is 9.11. The molecule has 0 amide bonds. The quantitative estimate of drug-likeness (QED) is 0.391. The Balaban J connectivity index is 0.000000218. The zero-order chi connectivity index (χ0) is 8.53. The van der Waals surface area contributed by atoms with Gasteiger partial charge < -0.3 is 0 Å². The van der Waals surface area contributed by atoms with Crippen molar-refractivity contribution in [1.82, 2.24) is 0 Å². The fraction of sp³-hybridized carbons (Fsp3) is 0.333. The summed E-state index contributed by atoms with van der Waals surface area (Å²) in [4.78, 5) is 0. The predicted octanol–water partition coefficient (Wildman–Crippen LogP) is 3.53. The first-order chi connectivity index (χ1) is 5.35. The molecule has 0 fully saturated rings. The van der Waals surface area contributed by atoms with Crippen LogP contribution in [0.4, 0.5) is 0 Å². The molecular weight excluding hydrogens is 366 g/mol. The van der Waals surface area contributed by atoms with E-state index in [0.29, 0.717) is 0 Å². The molecule has 0 N–H and O–H groups in total. The van der Waals surface area contributed by atoms with Crippen LogP contribution in [0.25, 0.3) is 0 Å². The van der Waals surface area contributed by atoms with Gasteiger partial charge in [0.25, 0.3) is 0 Å². The SMILES string of the molecule is C=CCBr.[CH3][Hf][C]1=CC=CC1. The summed E-state index contributed by atoms with van der Waals surface area (Å²) >= 11 is 2.91. The van der Waals surface area contributed by atoms with E-state index >= 15 is 0 Å². The third-order valence-corrected chi connectivity index (χ3v) is 5.30. The van der Waals surface area contributed by atoms with Gasteiger partial charge in [-0.15, -0.1) is 6.58 Å². The molecule has 0 radical (unpaired) electrons. The fourth-order valence-corrected chi connectivity index (χ4v) is 2.73. The van der Waals surface area contributed by atoms with Crippen LogP contribution in [-0.4, -0.2) is 5.33 Å². The van der Waals surface area contributed by atoms with E-state index in [2.05, 4.69) is 45.4 Å². The molecule has 11 heavy (non-hydrogen) atoms. The van der Waals surface area contributed by atoms with E-state index in [0.717, 1.165) is 5.33 Å². The number of alkyl halides is 1. The first-order valence-corrected chi connectivity index (χ1v) is 10.1. The van der Waals surface area contributed by atoms with Gasteiger partial charge in [-0.05, 0) is 0 Å². The summed E-state index contributed by atoms with van der Waals surface area (Å²) < 4.78 is 4.14. The standard InChI is InChI=1S/C5H5.C3H5Br.CH3.Hf/c1-2-4-5-3-1;1-2-3-4;;/h1-3H,4H2;2H,1,3H2;1H3;. The molecule has 0 aromatic carbocycles. The predicted molar refractivity (Wildman–Crippen MR) is 51.7 cm³/mol. The summed E-state index contributed by atoms with van der Waals surface area (Å²) in [5.74, 6) is 0. The van der Waals surface area contributed by atoms with Gasteiger partial charge in [0.1, 0.15) is 0 Å². The van der Waals surface area contributed by atoms with E-state index in [4.69, 9.17) is 0 Å². The summed E-state index contributed by atoms with van der Waals surface area (Å²) in [6.45, 7) is 3.43. The molecule has 0 aromatic heterocycles. The van der Waals surface area contributed by atoms with Gasteiger partial charge in [-0.25, -0.2) is 0 Å². The molecule has 0 bridgehead atoms. The zero-order valence-corrected chi connectivity index (χ0v) is 12.0. The van der Waals surface area contributed by atoms with Gasteiger partial charge in [-0.3, -0.25) is 0 Å². The number of hydrogen-bond acceptors (Lipinski definition) is 0. The minimum atomic E-state index is -0.221. The molecule has 0 unspecified atom stereocenters. The van der Waals surface area contributed by atoms with Gasteiger partial charge in [-0.1, -0.05) is 22.0 Å². The summed E-state index contributed by atoms with van der Waals surface area (Å²) in [7, 11) is 0. The van der Waals surface area contributed by atoms with Crippen LogP contribution in [0.2, 0.25) is 4.68 Å². The first kappa shape index (κ1) is 11.6. The summed E-state index contributed by atoms with van der Waals surface area (Å²) in [6.07, 6.45) is 9.76. The summed E-state index contributed by atoms with van der Waals surface area (Å²) in [5, 5.41) is 0.896. The Hall–Kier alpha value is 0.570. The van der Waals surface area contributed by atoms with Gasteiger partial charge in [-0.2, -0.15) is 0 Å². The van der Waals surface area contributed by atoms with Crippen molar-refractivity contribution in [2.24, 2.45) is 0 Å². The van der Waals surface area contributed by atoms with Crippen LogP contribution in [0.3, 0.4) is 0 Å². The van der Waals surface area contributed by atoms with E-state index in [9.17, 15) is 0 Å². The molecule has 2 heteroatoms. The third-order valence-electron chi connectivity index (χ3n) is 1.20. The molecule has 0 aliphatic heterocycles. The number of hydrogen-bond donors (Lipinski definition) is 0. The second kappa shape index (κ2) is 8.66. The molecule has 1 aliphatic rings.